The first kappa shape index (κ1) is 36.8. The maximum Gasteiger partial charge on any atom is 0.308 e. The summed E-state index contributed by atoms with van der Waals surface area (Å²) in [4.78, 5) is 57.1. The van der Waals surface area contributed by atoms with E-state index in [-0.39, 0.29) is 36.2 Å². The zero-order valence-corrected chi connectivity index (χ0v) is 24.5. The smallest absolute Gasteiger partial charge is 0.308 e. The molecule has 4 N–H and O–H groups in total. The molecule has 3 rings (SSSR count). The topological polar surface area (TPSA) is 157 Å². The van der Waals surface area contributed by atoms with Crippen molar-refractivity contribution in [1.29, 1.82) is 0 Å². The summed E-state index contributed by atoms with van der Waals surface area (Å²) in [7, 11) is 2.69. The minimum atomic E-state index is -0.265. The predicted molar refractivity (Wildman–Crippen MR) is 157 cm³/mol. The van der Waals surface area contributed by atoms with Gasteiger partial charge in [0, 0.05) is 30.8 Å². The van der Waals surface area contributed by atoms with Gasteiger partial charge in [0.05, 0.1) is 26.7 Å². The second-order valence-electron chi connectivity index (χ2n) is 8.57. The van der Waals surface area contributed by atoms with E-state index in [9.17, 15) is 19.2 Å². The number of carbonyl (C=O) groups excluding carboxylic acids is 5. The Hall–Kier alpha value is -4.25. The highest BCUT2D eigenvalue weighted by Crippen LogP contribution is 2.18. The zero-order valence-electron chi connectivity index (χ0n) is 24.5. The first-order valence-electron chi connectivity index (χ1n) is 13.5. The predicted octanol–water partition coefficient (Wildman–Crippen LogP) is 2.41. The number of esters is 1. The summed E-state index contributed by atoms with van der Waals surface area (Å²) in [5.74, 6) is -0.753. The number of amides is 3. The third-order valence-electron chi connectivity index (χ3n) is 5.58. The fraction of sp³-hybridized carbons (Fsp3) is 0.433. The standard InChI is InChI=1S/C16H20N2O4.C9H11NO.C3H9N.C2H4O2/c1-22-16(21)13-7-9-18(10-8-13)14(19)11-17-15(20)12-5-3-2-4-6-12;1-2-10-9(11)8-6-4-3-5-7-8;1-2-3-4;1-4-2-3/h2-6,13H,7-11H2,1H3,(H,17,20);3-7H,2H2,1H3,(H,10,11);2-4H2,1H3;2H,1H3. The van der Waals surface area contributed by atoms with E-state index < -0.39 is 0 Å². The first-order valence-corrected chi connectivity index (χ1v) is 13.5. The maximum absolute atomic E-state index is 12.1. The molecule has 0 spiro atoms. The monoisotopic (exact) mass is 572 g/mol. The minimum absolute atomic E-state index is 0.00639. The quantitative estimate of drug-likeness (QED) is 0.322. The normalized spacial score (nSPS) is 11.9. The van der Waals surface area contributed by atoms with Gasteiger partial charge in [-0.3, -0.25) is 24.0 Å². The van der Waals surface area contributed by atoms with E-state index in [1.54, 1.807) is 41.3 Å². The highest BCUT2D eigenvalue weighted by Gasteiger charge is 2.27. The Balaban J connectivity index is 0.000000696. The van der Waals surface area contributed by atoms with Gasteiger partial charge in [0.15, 0.2) is 0 Å². The second-order valence-corrected chi connectivity index (χ2v) is 8.57. The van der Waals surface area contributed by atoms with Gasteiger partial charge in [0.2, 0.25) is 5.91 Å². The lowest BCUT2D eigenvalue weighted by molar-refractivity contribution is -0.148. The summed E-state index contributed by atoms with van der Waals surface area (Å²) < 4.78 is 8.58. The Morgan fingerprint density at radius 1 is 0.878 bits per heavy atom. The molecule has 0 atom stereocenters. The van der Waals surface area contributed by atoms with Crippen LogP contribution >= 0.6 is 0 Å². The van der Waals surface area contributed by atoms with Gasteiger partial charge in [0.1, 0.15) is 0 Å². The molecule has 2 aromatic carbocycles. The van der Waals surface area contributed by atoms with Gasteiger partial charge in [-0.1, -0.05) is 43.3 Å². The third kappa shape index (κ3) is 16.5. The highest BCUT2D eigenvalue weighted by atomic mass is 16.5. The Kier molecular flexibility index (Phi) is 21.2. The Bertz CT molecular complexity index is 1010. The van der Waals surface area contributed by atoms with Crippen LogP contribution in [-0.4, -0.2) is 82.0 Å². The summed E-state index contributed by atoms with van der Waals surface area (Å²) in [6.07, 6.45) is 2.30. The van der Waals surface area contributed by atoms with Crippen molar-refractivity contribution in [3.05, 3.63) is 71.8 Å². The van der Waals surface area contributed by atoms with Gasteiger partial charge >= 0.3 is 5.97 Å². The maximum atomic E-state index is 12.1. The molecular formula is C30H44N4O7. The van der Waals surface area contributed by atoms with Crippen molar-refractivity contribution in [1.82, 2.24) is 15.5 Å². The zero-order chi connectivity index (χ0) is 30.9. The van der Waals surface area contributed by atoms with Crippen LogP contribution in [0, 0.1) is 5.92 Å². The lowest BCUT2D eigenvalue weighted by Crippen LogP contribution is -2.45. The number of piperidine rings is 1. The molecule has 0 aromatic heterocycles. The SMILES string of the molecule is CCCN.CCNC(=O)c1ccccc1.COC(=O)C1CCN(C(=O)CNC(=O)c2ccccc2)CC1.COC=O. The number of benzene rings is 2. The van der Waals surface area contributed by atoms with Gasteiger partial charge in [-0.05, 0) is 57.0 Å². The first-order chi connectivity index (χ1) is 19.8. The number of nitrogens with two attached hydrogens (primary N) is 1. The van der Waals surface area contributed by atoms with Crippen molar-refractivity contribution in [3.8, 4) is 0 Å². The van der Waals surface area contributed by atoms with Crippen molar-refractivity contribution in [3.63, 3.8) is 0 Å². The number of likely N-dealkylation sites (tertiary alicyclic amines) is 1. The minimum Gasteiger partial charge on any atom is -0.471 e. The average molecular weight is 573 g/mol. The second kappa shape index (κ2) is 23.6. The number of carbonyl (C=O) groups is 5. The number of hydrogen-bond donors (Lipinski definition) is 3. The van der Waals surface area contributed by atoms with E-state index in [4.69, 9.17) is 15.3 Å². The molecule has 41 heavy (non-hydrogen) atoms. The summed E-state index contributed by atoms with van der Waals surface area (Å²) in [5, 5.41) is 5.34. The number of rotatable bonds is 8. The van der Waals surface area contributed by atoms with E-state index in [1.807, 2.05) is 31.2 Å². The van der Waals surface area contributed by atoms with Gasteiger partial charge in [-0.2, -0.15) is 0 Å². The van der Waals surface area contributed by atoms with Crippen LogP contribution in [-0.2, 0) is 23.9 Å². The molecule has 1 aliphatic heterocycles. The van der Waals surface area contributed by atoms with E-state index in [2.05, 4.69) is 22.3 Å². The number of nitrogens with zero attached hydrogens (tertiary/aromatic N) is 1. The fourth-order valence-corrected chi connectivity index (χ4v) is 3.34. The molecule has 2 aromatic rings. The summed E-state index contributed by atoms with van der Waals surface area (Å²) in [5.41, 5.74) is 6.27. The molecule has 0 aliphatic carbocycles. The van der Waals surface area contributed by atoms with Crippen LogP contribution in [0.1, 0.15) is 53.8 Å². The molecule has 0 bridgehead atoms. The summed E-state index contributed by atoms with van der Waals surface area (Å²) >= 11 is 0. The van der Waals surface area contributed by atoms with Crippen LogP contribution in [0.25, 0.3) is 0 Å². The number of hydrogen-bond acceptors (Lipinski definition) is 8. The van der Waals surface area contributed by atoms with Gasteiger partial charge in [0.25, 0.3) is 18.3 Å². The van der Waals surface area contributed by atoms with E-state index in [1.165, 1.54) is 14.2 Å². The van der Waals surface area contributed by atoms with Crippen molar-refractivity contribution < 1.29 is 33.4 Å². The van der Waals surface area contributed by atoms with Crippen molar-refractivity contribution in [2.24, 2.45) is 11.7 Å². The van der Waals surface area contributed by atoms with Crippen LogP contribution in [0.5, 0.6) is 0 Å². The molecule has 11 heteroatoms. The van der Waals surface area contributed by atoms with Crippen LogP contribution in [0.3, 0.4) is 0 Å². The molecule has 11 nitrogen and oxygen atoms in total. The summed E-state index contributed by atoms with van der Waals surface area (Å²) in [6, 6.07) is 18.0. The molecule has 1 fully saturated rings. The fourth-order valence-electron chi connectivity index (χ4n) is 3.34. The molecule has 3 amide bonds. The van der Waals surface area contributed by atoms with E-state index in [0.29, 0.717) is 50.1 Å². The van der Waals surface area contributed by atoms with Crippen LogP contribution in [0.15, 0.2) is 60.7 Å². The molecule has 0 saturated carbocycles. The Morgan fingerprint density at radius 2 is 1.32 bits per heavy atom. The Morgan fingerprint density at radius 3 is 1.68 bits per heavy atom. The number of ether oxygens (including phenoxy) is 2. The molecule has 1 aliphatic rings. The highest BCUT2D eigenvalue weighted by molar-refractivity contribution is 5.96. The van der Waals surface area contributed by atoms with Gasteiger partial charge in [-0.15, -0.1) is 0 Å². The van der Waals surface area contributed by atoms with E-state index in [0.717, 1.165) is 13.0 Å². The van der Waals surface area contributed by atoms with Crippen LogP contribution in [0.4, 0.5) is 0 Å². The summed E-state index contributed by atoms with van der Waals surface area (Å²) in [6.45, 7) is 6.82. The molecule has 1 heterocycles. The van der Waals surface area contributed by atoms with Crippen molar-refractivity contribution in [2.75, 3.05) is 46.9 Å². The van der Waals surface area contributed by atoms with Crippen molar-refractivity contribution >= 4 is 30.2 Å². The van der Waals surface area contributed by atoms with E-state index >= 15 is 0 Å². The van der Waals surface area contributed by atoms with Crippen molar-refractivity contribution in [2.45, 2.75) is 33.1 Å². The number of nitrogens with one attached hydrogen (secondary N) is 2. The lowest BCUT2D eigenvalue weighted by atomic mass is 9.97. The Labute approximate surface area is 242 Å². The van der Waals surface area contributed by atoms with Gasteiger partial charge < -0.3 is 30.7 Å². The van der Waals surface area contributed by atoms with Crippen LogP contribution in [0.2, 0.25) is 0 Å². The number of methoxy groups -OCH3 is 2. The molecule has 0 unspecified atom stereocenters. The largest absolute Gasteiger partial charge is 0.471 e. The molecule has 1 saturated heterocycles. The molecule has 226 valence electrons. The van der Waals surface area contributed by atoms with Crippen LogP contribution < -0.4 is 16.4 Å². The van der Waals surface area contributed by atoms with Gasteiger partial charge in [-0.25, -0.2) is 0 Å². The molecule has 0 radical (unpaired) electrons. The average Bonchev–Trinajstić information content (AvgIpc) is 3.04. The third-order valence-corrected chi connectivity index (χ3v) is 5.58. The lowest BCUT2D eigenvalue weighted by Gasteiger charge is -2.30. The molecular weight excluding hydrogens is 528 g/mol.